The average Bonchev–Trinajstić information content (AvgIpc) is 2.32. The van der Waals surface area contributed by atoms with Crippen LogP contribution in [0, 0.1) is 10.1 Å². The number of nitrogens with zero attached hydrogens (tertiary/aromatic N) is 1. The highest BCUT2D eigenvalue weighted by Crippen LogP contribution is 2.27. The van der Waals surface area contributed by atoms with Gasteiger partial charge in [0, 0.05) is 32.3 Å². The van der Waals surface area contributed by atoms with Gasteiger partial charge in [-0.2, -0.15) is 0 Å². The first-order chi connectivity index (χ1) is 8.54. The lowest BCUT2D eigenvalue weighted by atomic mass is 10.2. The van der Waals surface area contributed by atoms with E-state index in [1.54, 1.807) is 0 Å². The first-order valence-electron chi connectivity index (χ1n) is 5.30. The van der Waals surface area contributed by atoms with Gasteiger partial charge in [-0.05, 0) is 12.5 Å². The Balaban J connectivity index is 2.68. The van der Waals surface area contributed by atoms with Crippen molar-refractivity contribution in [2.75, 3.05) is 19.0 Å². The predicted octanol–water partition coefficient (Wildman–Crippen LogP) is 1.67. The molecule has 98 valence electrons. The molecule has 1 aromatic rings. The molecule has 0 aliphatic rings. The molecule has 0 spiro atoms. The molecule has 0 saturated carbocycles. The number of nitrogens with one attached hydrogen (secondary N) is 1. The fraction of sp³-hybridized carbons (Fsp3) is 0.364. The summed E-state index contributed by atoms with van der Waals surface area (Å²) in [6.45, 7) is 0.453. The molecule has 1 amide bonds. The molecule has 7 heteroatoms. The highest BCUT2D eigenvalue weighted by molar-refractivity contribution is 5.92. The summed E-state index contributed by atoms with van der Waals surface area (Å²) in [5.74, 6) is -0.538. The average molecular weight is 254 g/mol. The number of rotatable bonds is 6. The lowest BCUT2D eigenvalue weighted by Gasteiger charge is -2.06. The lowest BCUT2D eigenvalue weighted by Crippen LogP contribution is -2.12. The number of aromatic hydroxyl groups is 1. The maximum atomic E-state index is 11.5. The van der Waals surface area contributed by atoms with Gasteiger partial charge >= 0.3 is 0 Å². The minimum absolute atomic E-state index is 0.0339. The van der Waals surface area contributed by atoms with Crippen LogP contribution in [0.15, 0.2) is 18.2 Å². The standard InChI is InChI=1S/C11H14N2O5/c1-18-6-2-3-11(15)12-9-7-8(13(16)17)4-5-10(9)14/h4-5,7,14H,2-3,6H2,1H3,(H,12,15). The maximum absolute atomic E-state index is 11.5. The zero-order valence-corrected chi connectivity index (χ0v) is 9.88. The molecule has 2 N–H and O–H groups in total. The van der Waals surface area contributed by atoms with Gasteiger partial charge in [0.1, 0.15) is 5.75 Å². The largest absolute Gasteiger partial charge is 0.506 e. The third-order valence-electron chi connectivity index (χ3n) is 2.22. The number of anilines is 1. The summed E-state index contributed by atoms with van der Waals surface area (Å²) in [5.41, 5.74) is -0.161. The van der Waals surface area contributed by atoms with Gasteiger partial charge in [-0.1, -0.05) is 0 Å². The second-order valence-electron chi connectivity index (χ2n) is 3.60. The van der Waals surface area contributed by atoms with Crippen LogP contribution in [0.4, 0.5) is 11.4 Å². The number of hydrogen-bond acceptors (Lipinski definition) is 5. The van der Waals surface area contributed by atoms with Crippen LogP contribution in [0.1, 0.15) is 12.8 Å². The SMILES string of the molecule is COCCCC(=O)Nc1cc([N+](=O)[O-])ccc1O. The summed E-state index contributed by atoms with van der Waals surface area (Å²) in [6, 6.07) is 3.45. The van der Waals surface area contributed by atoms with Crippen LogP contribution in [0.2, 0.25) is 0 Å². The van der Waals surface area contributed by atoms with Crippen molar-refractivity contribution in [1.29, 1.82) is 0 Å². The van der Waals surface area contributed by atoms with Crippen molar-refractivity contribution in [3.8, 4) is 5.75 Å². The Bertz CT molecular complexity index is 447. The number of non-ortho nitro benzene ring substituents is 1. The predicted molar refractivity (Wildman–Crippen MR) is 64.5 cm³/mol. The zero-order chi connectivity index (χ0) is 13.5. The molecule has 0 radical (unpaired) electrons. The molecular formula is C11H14N2O5. The van der Waals surface area contributed by atoms with Gasteiger partial charge in [0.05, 0.1) is 10.6 Å². The molecule has 0 atom stereocenters. The van der Waals surface area contributed by atoms with Crippen LogP contribution in [-0.4, -0.2) is 29.7 Å². The summed E-state index contributed by atoms with van der Waals surface area (Å²) in [4.78, 5) is 21.4. The molecule has 0 bridgehead atoms. The lowest BCUT2D eigenvalue weighted by molar-refractivity contribution is -0.384. The van der Waals surface area contributed by atoms with Crippen LogP contribution in [0.3, 0.4) is 0 Å². The van der Waals surface area contributed by atoms with Crippen molar-refractivity contribution in [3.05, 3.63) is 28.3 Å². The topological polar surface area (TPSA) is 102 Å². The van der Waals surface area contributed by atoms with E-state index in [0.29, 0.717) is 13.0 Å². The van der Waals surface area contributed by atoms with E-state index in [9.17, 15) is 20.0 Å². The number of nitro groups is 1. The number of phenolic OH excluding ortho intramolecular Hbond substituents is 1. The van der Waals surface area contributed by atoms with Crippen molar-refractivity contribution in [2.45, 2.75) is 12.8 Å². The number of amides is 1. The quantitative estimate of drug-likeness (QED) is 0.348. The molecule has 0 aliphatic carbocycles. The Hall–Kier alpha value is -2.15. The van der Waals surface area contributed by atoms with Crippen LogP contribution in [-0.2, 0) is 9.53 Å². The van der Waals surface area contributed by atoms with Crippen LogP contribution in [0.5, 0.6) is 5.75 Å². The molecule has 0 aromatic heterocycles. The Morgan fingerprint density at radius 1 is 1.56 bits per heavy atom. The minimum Gasteiger partial charge on any atom is -0.506 e. The summed E-state index contributed by atoms with van der Waals surface area (Å²) in [7, 11) is 1.53. The molecule has 7 nitrogen and oxygen atoms in total. The smallest absolute Gasteiger partial charge is 0.271 e. The van der Waals surface area contributed by atoms with Crippen LogP contribution < -0.4 is 5.32 Å². The second kappa shape index (κ2) is 6.55. The number of hydrogen-bond donors (Lipinski definition) is 2. The third kappa shape index (κ3) is 4.02. The van der Waals surface area contributed by atoms with Crippen molar-refractivity contribution < 1.29 is 19.6 Å². The number of nitro benzene ring substituents is 1. The molecular weight excluding hydrogens is 240 g/mol. The molecule has 0 saturated heterocycles. The number of benzene rings is 1. The second-order valence-corrected chi connectivity index (χ2v) is 3.60. The van der Waals surface area contributed by atoms with Crippen molar-refractivity contribution in [2.24, 2.45) is 0 Å². The van der Waals surface area contributed by atoms with Gasteiger partial charge in [0.15, 0.2) is 0 Å². The Kier molecular flexibility index (Phi) is 5.06. The zero-order valence-electron chi connectivity index (χ0n) is 9.88. The van der Waals surface area contributed by atoms with Crippen molar-refractivity contribution in [3.63, 3.8) is 0 Å². The fourth-order valence-electron chi connectivity index (χ4n) is 1.33. The number of methoxy groups -OCH3 is 1. The Labute approximate surface area is 104 Å². The molecule has 1 rings (SSSR count). The highest BCUT2D eigenvalue weighted by atomic mass is 16.6. The molecule has 1 aromatic carbocycles. The maximum Gasteiger partial charge on any atom is 0.271 e. The normalized spacial score (nSPS) is 10.1. The fourth-order valence-corrected chi connectivity index (χ4v) is 1.33. The van der Waals surface area contributed by atoms with E-state index in [2.05, 4.69) is 5.32 Å². The summed E-state index contributed by atoms with van der Waals surface area (Å²) in [5, 5.41) is 22.4. The third-order valence-corrected chi connectivity index (χ3v) is 2.22. The number of carbonyl (C=O) groups excluding carboxylic acids is 1. The number of phenols is 1. The van der Waals surface area contributed by atoms with Crippen molar-refractivity contribution >= 4 is 17.3 Å². The molecule has 18 heavy (non-hydrogen) atoms. The van der Waals surface area contributed by atoms with Crippen LogP contribution in [0.25, 0.3) is 0 Å². The van der Waals surface area contributed by atoms with E-state index in [4.69, 9.17) is 4.74 Å². The Morgan fingerprint density at radius 3 is 2.89 bits per heavy atom. The van der Waals surface area contributed by atoms with E-state index >= 15 is 0 Å². The number of carbonyl (C=O) groups is 1. The van der Waals surface area contributed by atoms with Crippen LogP contribution >= 0.6 is 0 Å². The van der Waals surface area contributed by atoms with E-state index in [1.165, 1.54) is 13.2 Å². The van der Waals surface area contributed by atoms with Gasteiger partial charge in [-0.25, -0.2) is 0 Å². The summed E-state index contributed by atoms with van der Waals surface area (Å²) >= 11 is 0. The monoisotopic (exact) mass is 254 g/mol. The van der Waals surface area contributed by atoms with Gasteiger partial charge in [-0.3, -0.25) is 14.9 Å². The van der Waals surface area contributed by atoms with Gasteiger partial charge in [0.2, 0.25) is 5.91 Å². The number of ether oxygens (including phenoxy) is 1. The first kappa shape index (κ1) is 13.9. The highest BCUT2D eigenvalue weighted by Gasteiger charge is 2.12. The molecule has 0 fully saturated rings. The van der Waals surface area contributed by atoms with Gasteiger partial charge in [0.25, 0.3) is 5.69 Å². The van der Waals surface area contributed by atoms with E-state index in [1.807, 2.05) is 0 Å². The van der Waals surface area contributed by atoms with E-state index in [-0.39, 0.29) is 29.5 Å². The van der Waals surface area contributed by atoms with Crippen molar-refractivity contribution in [1.82, 2.24) is 0 Å². The van der Waals surface area contributed by atoms with E-state index in [0.717, 1.165) is 12.1 Å². The van der Waals surface area contributed by atoms with Gasteiger partial charge in [-0.15, -0.1) is 0 Å². The minimum atomic E-state index is -0.597. The summed E-state index contributed by atoms with van der Waals surface area (Å²) in [6.07, 6.45) is 0.758. The van der Waals surface area contributed by atoms with E-state index < -0.39 is 4.92 Å². The molecule has 0 heterocycles. The Morgan fingerprint density at radius 2 is 2.28 bits per heavy atom. The van der Waals surface area contributed by atoms with Gasteiger partial charge < -0.3 is 15.2 Å². The summed E-state index contributed by atoms with van der Waals surface area (Å²) < 4.78 is 4.80. The molecule has 0 unspecified atom stereocenters. The molecule has 0 aliphatic heterocycles. The first-order valence-corrected chi connectivity index (χ1v) is 5.30.